The second-order valence-corrected chi connectivity index (χ2v) is 9.60. The SMILES string of the molecule is CC(C)(C)OC(=O)N(c1ccc(F)c(I)c1Cl)S(=O)(=O)N1CC(F)C1. The summed E-state index contributed by atoms with van der Waals surface area (Å²) in [7, 11) is -4.43. The topological polar surface area (TPSA) is 66.9 Å². The van der Waals surface area contributed by atoms with E-state index in [1.165, 1.54) is 0 Å². The lowest BCUT2D eigenvalue weighted by atomic mass is 10.2. The van der Waals surface area contributed by atoms with E-state index in [9.17, 15) is 22.0 Å². The van der Waals surface area contributed by atoms with Crippen molar-refractivity contribution in [3.05, 3.63) is 26.5 Å². The van der Waals surface area contributed by atoms with Gasteiger partial charge in [-0.15, -0.1) is 0 Å². The molecule has 0 saturated carbocycles. The van der Waals surface area contributed by atoms with Crippen molar-refractivity contribution in [2.24, 2.45) is 0 Å². The minimum atomic E-state index is -4.43. The molecule has 11 heteroatoms. The van der Waals surface area contributed by atoms with Gasteiger partial charge < -0.3 is 4.74 Å². The number of nitrogens with zero attached hydrogens (tertiary/aromatic N) is 2. The van der Waals surface area contributed by atoms with Crippen LogP contribution in [0.5, 0.6) is 0 Å². The third-order valence-electron chi connectivity index (χ3n) is 3.15. The monoisotopic (exact) mass is 508 g/mol. The van der Waals surface area contributed by atoms with Crippen LogP contribution in [-0.2, 0) is 14.9 Å². The maximum Gasteiger partial charge on any atom is 0.429 e. The van der Waals surface area contributed by atoms with Crippen molar-refractivity contribution in [1.82, 2.24) is 4.31 Å². The first-order valence-electron chi connectivity index (χ1n) is 7.15. The molecule has 25 heavy (non-hydrogen) atoms. The summed E-state index contributed by atoms with van der Waals surface area (Å²) >= 11 is 7.65. The lowest BCUT2D eigenvalue weighted by molar-refractivity contribution is 0.0601. The van der Waals surface area contributed by atoms with Crippen LogP contribution in [0.3, 0.4) is 0 Å². The highest BCUT2D eigenvalue weighted by molar-refractivity contribution is 14.1. The second-order valence-electron chi connectivity index (χ2n) is 6.36. The first-order chi connectivity index (χ1) is 11.3. The van der Waals surface area contributed by atoms with Crippen LogP contribution in [0.2, 0.25) is 5.02 Å². The molecule has 0 N–H and O–H groups in total. The van der Waals surface area contributed by atoms with E-state index in [0.717, 1.165) is 16.4 Å². The fourth-order valence-corrected chi connectivity index (χ4v) is 4.29. The number of rotatable bonds is 3. The fourth-order valence-electron chi connectivity index (χ4n) is 1.99. The van der Waals surface area contributed by atoms with E-state index in [2.05, 4.69) is 0 Å². The lowest BCUT2D eigenvalue weighted by Crippen LogP contribution is -2.58. The summed E-state index contributed by atoms with van der Waals surface area (Å²) < 4.78 is 58.5. The summed E-state index contributed by atoms with van der Waals surface area (Å²) in [5.74, 6) is -0.663. The smallest absolute Gasteiger partial charge is 0.429 e. The van der Waals surface area contributed by atoms with E-state index in [1.54, 1.807) is 43.4 Å². The highest BCUT2D eigenvalue weighted by Gasteiger charge is 2.44. The molecule has 0 bridgehead atoms. The molecule has 1 saturated heterocycles. The first kappa shape index (κ1) is 20.6. The molecule has 1 amide bonds. The van der Waals surface area contributed by atoms with Crippen LogP contribution in [0.1, 0.15) is 20.8 Å². The Bertz CT molecular complexity index is 795. The van der Waals surface area contributed by atoms with Crippen molar-refractivity contribution in [1.29, 1.82) is 0 Å². The van der Waals surface area contributed by atoms with E-state index in [4.69, 9.17) is 16.3 Å². The van der Waals surface area contributed by atoms with E-state index in [-0.39, 0.29) is 27.4 Å². The zero-order valence-electron chi connectivity index (χ0n) is 13.6. The molecule has 1 aliphatic rings. The molecule has 0 unspecified atom stereocenters. The van der Waals surface area contributed by atoms with Gasteiger partial charge in [-0.3, -0.25) is 0 Å². The third-order valence-corrected chi connectivity index (χ3v) is 6.67. The molecule has 0 spiro atoms. The number of anilines is 1. The predicted molar refractivity (Wildman–Crippen MR) is 98.2 cm³/mol. The molecule has 0 aromatic heterocycles. The Morgan fingerprint density at radius 2 is 1.96 bits per heavy atom. The first-order valence-corrected chi connectivity index (χ1v) is 10.0. The molecule has 1 aromatic rings. The van der Waals surface area contributed by atoms with Crippen LogP contribution in [0, 0.1) is 9.39 Å². The van der Waals surface area contributed by atoms with Crippen molar-refractivity contribution in [3.8, 4) is 0 Å². The van der Waals surface area contributed by atoms with Gasteiger partial charge in [-0.25, -0.2) is 13.6 Å². The molecule has 0 radical (unpaired) electrons. The minimum absolute atomic E-state index is 0.0486. The molecule has 0 aliphatic carbocycles. The van der Waals surface area contributed by atoms with Gasteiger partial charge in [-0.2, -0.15) is 17.0 Å². The van der Waals surface area contributed by atoms with Crippen molar-refractivity contribution in [2.45, 2.75) is 32.5 Å². The zero-order chi connectivity index (χ0) is 19.2. The van der Waals surface area contributed by atoms with Crippen molar-refractivity contribution in [2.75, 3.05) is 17.4 Å². The Hall–Kier alpha value is -0.720. The number of halogens is 4. The van der Waals surface area contributed by atoms with E-state index >= 15 is 0 Å². The molecular formula is C14H16ClF2IN2O4S. The normalized spacial score (nSPS) is 16.4. The number of amides is 1. The average molecular weight is 509 g/mol. The summed E-state index contributed by atoms with van der Waals surface area (Å²) in [5, 5.41) is -0.257. The van der Waals surface area contributed by atoms with Crippen LogP contribution < -0.4 is 4.31 Å². The van der Waals surface area contributed by atoms with Crippen LogP contribution in [0.4, 0.5) is 19.3 Å². The van der Waals surface area contributed by atoms with Gasteiger partial charge in [0.15, 0.2) is 0 Å². The van der Waals surface area contributed by atoms with Crippen molar-refractivity contribution < 1.29 is 26.7 Å². The summed E-state index contributed by atoms with van der Waals surface area (Å²) in [6.07, 6.45) is -2.52. The summed E-state index contributed by atoms with van der Waals surface area (Å²) in [4.78, 5) is 12.5. The standard InChI is InChI=1S/C14H16ClF2IN2O4S/c1-14(2,3)24-13(21)20(25(22,23)19-6-8(16)7-19)10-5-4-9(17)12(18)11(10)15/h4-5,8H,6-7H2,1-3H3. The van der Waals surface area contributed by atoms with Crippen LogP contribution in [0.25, 0.3) is 0 Å². The van der Waals surface area contributed by atoms with Crippen LogP contribution in [-0.4, -0.2) is 43.7 Å². The molecule has 6 nitrogen and oxygen atoms in total. The molecular weight excluding hydrogens is 493 g/mol. The largest absolute Gasteiger partial charge is 0.443 e. The Morgan fingerprint density at radius 1 is 1.40 bits per heavy atom. The molecule has 1 heterocycles. The predicted octanol–water partition coefficient (Wildman–Crippen LogP) is 3.72. The van der Waals surface area contributed by atoms with E-state index in [0.29, 0.717) is 4.31 Å². The minimum Gasteiger partial charge on any atom is -0.443 e. The number of benzene rings is 1. The number of hydrogen-bond acceptors (Lipinski definition) is 4. The van der Waals surface area contributed by atoms with Gasteiger partial charge in [-0.05, 0) is 55.5 Å². The maximum atomic E-state index is 13.6. The van der Waals surface area contributed by atoms with E-state index in [1.807, 2.05) is 0 Å². The lowest BCUT2D eigenvalue weighted by Gasteiger charge is -2.37. The number of carbonyl (C=O) groups is 1. The third kappa shape index (κ3) is 4.34. The van der Waals surface area contributed by atoms with E-state index < -0.39 is 33.9 Å². The van der Waals surface area contributed by atoms with Gasteiger partial charge in [0.1, 0.15) is 17.6 Å². The molecule has 1 aromatic carbocycles. The number of carbonyl (C=O) groups excluding carboxylic acids is 1. The molecule has 0 atom stereocenters. The Kier molecular flexibility index (Phi) is 5.87. The van der Waals surface area contributed by atoms with Crippen molar-refractivity contribution in [3.63, 3.8) is 0 Å². The molecule has 2 rings (SSSR count). The maximum absolute atomic E-state index is 13.6. The average Bonchev–Trinajstić information content (AvgIpc) is 2.42. The van der Waals surface area contributed by atoms with Crippen LogP contribution in [0.15, 0.2) is 12.1 Å². The van der Waals surface area contributed by atoms with Gasteiger partial charge in [-0.1, -0.05) is 11.6 Å². The molecule has 1 aliphatic heterocycles. The van der Waals surface area contributed by atoms with Gasteiger partial charge in [0.05, 0.1) is 14.3 Å². The van der Waals surface area contributed by atoms with Crippen LogP contribution >= 0.6 is 34.2 Å². The number of ether oxygens (including phenoxy) is 1. The molecule has 1 fully saturated rings. The highest BCUT2D eigenvalue weighted by Crippen LogP contribution is 2.36. The van der Waals surface area contributed by atoms with Gasteiger partial charge in [0, 0.05) is 13.1 Å². The fraction of sp³-hybridized carbons (Fsp3) is 0.500. The molecule has 140 valence electrons. The van der Waals surface area contributed by atoms with Crippen molar-refractivity contribution >= 4 is 56.2 Å². The number of hydrogen-bond donors (Lipinski definition) is 0. The summed E-state index contributed by atoms with van der Waals surface area (Å²) in [5.41, 5.74) is -1.24. The van der Waals surface area contributed by atoms with Gasteiger partial charge in [0.2, 0.25) is 0 Å². The van der Waals surface area contributed by atoms with Gasteiger partial charge >= 0.3 is 16.3 Å². The zero-order valence-corrected chi connectivity index (χ0v) is 17.3. The Labute approximate surface area is 163 Å². The van der Waals surface area contributed by atoms with Gasteiger partial charge in [0.25, 0.3) is 0 Å². The summed E-state index contributed by atoms with van der Waals surface area (Å²) in [6.45, 7) is 3.93. The Morgan fingerprint density at radius 3 is 2.44 bits per heavy atom. The quantitative estimate of drug-likeness (QED) is 0.461. The second kappa shape index (κ2) is 7.12. The highest BCUT2D eigenvalue weighted by atomic mass is 127. The summed E-state index contributed by atoms with van der Waals surface area (Å²) in [6, 6.07) is 2.05. The number of alkyl halides is 1. The Balaban J connectivity index is 2.54.